The van der Waals surface area contributed by atoms with Gasteiger partial charge < -0.3 is 14.5 Å². The zero-order chi connectivity index (χ0) is 16.8. The number of nitrogens with zero attached hydrogens (tertiary/aromatic N) is 2. The van der Waals surface area contributed by atoms with Gasteiger partial charge in [-0.25, -0.2) is 0 Å². The third-order valence-electron chi connectivity index (χ3n) is 4.49. The molecule has 1 atom stereocenters. The summed E-state index contributed by atoms with van der Waals surface area (Å²) in [6.45, 7) is 3.71. The Bertz CT molecular complexity index is 299. The summed E-state index contributed by atoms with van der Waals surface area (Å²) in [7, 11) is 1.97. The van der Waals surface area contributed by atoms with Crippen LogP contribution in [0, 0.1) is 0 Å². The first-order valence-electron chi connectivity index (χ1n) is 9.63. The summed E-state index contributed by atoms with van der Waals surface area (Å²) >= 11 is 6.20. The highest BCUT2D eigenvalue weighted by Gasteiger charge is 2.20. The summed E-state index contributed by atoms with van der Waals surface area (Å²) in [6, 6.07) is 0. The summed E-state index contributed by atoms with van der Waals surface area (Å²) in [4.78, 5) is 3.97. The second kappa shape index (κ2) is 14.0. The second-order valence-corrected chi connectivity index (χ2v) is 7.11. The maximum Gasteiger partial charge on any atom is 0.181 e. The third kappa shape index (κ3) is 10.1. The van der Waals surface area contributed by atoms with Crippen LogP contribution in [0.15, 0.2) is 12.4 Å². The van der Waals surface area contributed by atoms with E-state index in [1.54, 1.807) is 0 Å². The summed E-state index contributed by atoms with van der Waals surface area (Å²) in [5.41, 5.74) is -0.100. The predicted molar refractivity (Wildman–Crippen MR) is 100 cm³/mol. The van der Waals surface area contributed by atoms with E-state index in [4.69, 9.17) is 16.3 Å². The van der Waals surface area contributed by atoms with E-state index in [0.717, 1.165) is 13.0 Å². The maximum absolute atomic E-state index is 6.20. The van der Waals surface area contributed by atoms with Gasteiger partial charge in [0.15, 0.2) is 5.62 Å². The highest BCUT2D eigenvalue weighted by Crippen LogP contribution is 2.17. The van der Waals surface area contributed by atoms with E-state index in [2.05, 4.69) is 6.92 Å². The van der Waals surface area contributed by atoms with E-state index in [1.165, 1.54) is 70.6 Å². The van der Waals surface area contributed by atoms with Crippen LogP contribution < -0.4 is 0 Å². The summed E-state index contributed by atoms with van der Waals surface area (Å²) < 4.78 is 5.69. The van der Waals surface area contributed by atoms with Gasteiger partial charge in [0.2, 0.25) is 0 Å². The molecule has 1 rings (SSSR count). The van der Waals surface area contributed by atoms with Gasteiger partial charge in [0, 0.05) is 26.1 Å². The Morgan fingerprint density at radius 3 is 1.83 bits per heavy atom. The first-order valence-corrected chi connectivity index (χ1v) is 10.1. The van der Waals surface area contributed by atoms with Crippen molar-refractivity contribution in [1.82, 2.24) is 9.80 Å². The van der Waals surface area contributed by atoms with Crippen LogP contribution in [-0.2, 0) is 4.74 Å². The van der Waals surface area contributed by atoms with Crippen molar-refractivity contribution >= 4 is 11.6 Å². The number of hydrogen-bond acceptors (Lipinski definition) is 3. The zero-order valence-corrected chi connectivity index (χ0v) is 16.1. The van der Waals surface area contributed by atoms with Crippen LogP contribution >= 0.6 is 11.6 Å². The van der Waals surface area contributed by atoms with Gasteiger partial charge in [-0.05, 0) is 6.42 Å². The summed E-state index contributed by atoms with van der Waals surface area (Å²) in [5.74, 6) is 0. The molecular weight excluding hydrogens is 308 g/mol. The molecule has 0 saturated heterocycles. The van der Waals surface area contributed by atoms with Crippen LogP contribution in [0.25, 0.3) is 0 Å². The van der Waals surface area contributed by atoms with Crippen LogP contribution in [0.5, 0.6) is 0 Å². The summed E-state index contributed by atoms with van der Waals surface area (Å²) in [6.07, 6.45) is 20.5. The first-order chi connectivity index (χ1) is 11.3. The second-order valence-electron chi connectivity index (χ2n) is 6.71. The molecule has 1 aliphatic rings. The lowest BCUT2D eigenvalue weighted by molar-refractivity contribution is 0.0354. The molecule has 0 bridgehead atoms. The molecule has 0 N–H and O–H groups in total. The Morgan fingerprint density at radius 1 is 0.826 bits per heavy atom. The van der Waals surface area contributed by atoms with E-state index < -0.39 is 0 Å². The predicted octanol–water partition coefficient (Wildman–Crippen LogP) is 5.90. The average molecular weight is 345 g/mol. The average Bonchev–Trinajstić information content (AvgIpc) is 2.87. The lowest BCUT2D eigenvalue weighted by Gasteiger charge is -2.24. The molecule has 1 unspecified atom stereocenters. The van der Waals surface area contributed by atoms with Crippen molar-refractivity contribution < 1.29 is 4.74 Å². The fourth-order valence-corrected chi connectivity index (χ4v) is 3.07. The van der Waals surface area contributed by atoms with E-state index in [0.29, 0.717) is 6.73 Å². The van der Waals surface area contributed by atoms with Crippen molar-refractivity contribution in [3.8, 4) is 0 Å². The van der Waals surface area contributed by atoms with Crippen molar-refractivity contribution in [3.63, 3.8) is 0 Å². The minimum absolute atomic E-state index is 0.100. The molecule has 4 heteroatoms. The molecule has 0 aliphatic carbocycles. The van der Waals surface area contributed by atoms with Gasteiger partial charge in [-0.15, -0.1) is 0 Å². The Morgan fingerprint density at radius 2 is 1.35 bits per heavy atom. The number of hydrogen-bond donors (Lipinski definition) is 0. The molecule has 1 aliphatic heterocycles. The normalized spacial score (nSPS) is 17.4. The highest BCUT2D eigenvalue weighted by atomic mass is 35.5. The minimum Gasteiger partial charge on any atom is -0.361 e. The molecule has 1 heterocycles. The van der Waals surface area contributed by atoms with Gasteiger partial charge in [0.1, 0.15) is 6.73 Å². The maximum atomic E-state index is 6.20. The molecule has 0 aromatic carbocycles. The van der Waals surface area contributed by atoms with Crippen molar-refractivity contribution in [3.05, 3.63) is 12.4 Å². The fraction of sp³-hybridized carbons (Fsp3) is 0.895. The monoisotopic (exact) mass is 344 g/mol. The van der Waals surface area contributed by atoms with Crippen LogP contribution in [-0.4, -0.2) is 35.8 Å². The Hall–Kier alpha value is -0.410. The number of unbranched alkanes of at least 4 members (excludes halogenated alkanes) is 11. The van der Waals surface area contributed by atoms with Crippen molar-refractivity contribution in [2.45, 2.75) is 89.6 Å². The Labute approximate surface area is 149 Å². The van der Waals surface area contributed by atoms with E-state index in [9.17, 15) is 0 Å². The van der Waals surface area contributed by atoms with Crippen LogP contribution in [0.1, 0.15) is 84.0 Å². The van der Waals surface area contributed by atoms with Crippen molar-refractivity contribution in [1.29, 1.82) is 0 Å². The van der Waals surface area contributed by atoms with Gasteiger partial charge in [0.25, 0.3) is 0 Å². The number of rotatable bonds is 15. The molecule has 23 heavy (non-hydrogen) atoms. The lowest BCUT2D eigenvalue weighted by atomic mass is 10.1. The number of alkyl halides is 1. The number of halogens is 1. The zero-order valence-electron chi connectivity index (χ0n) is 15.3. The SMILES string of the molecule is CCCCCCCCCCCCCCOCN1C=CN(C)C1Cl. The van der Waals surface area contributed by atoms with Crippen LogP contribution in [0.2, 0.25) is 0 Å². The highest BCUT2D eigenvalue weighted by molar-refractivity contribution is 6.20. The topological polar surface area (TPSA) is 15.7 Å². The van der Waals surface area contributed by atoms with Gasteiger partial charge in [-0.1, -0.05) is 89.2 Å². The van der Waals surface area contributed by atoms with Gasteiger partial charge in [0.05, 0.1) is 0 Å². The molecule has 0 saturated carbocycles. The summed E-state index contributed by atoms with van der Waals surface area (Å²) in [5, 5.41) is 0. The first kappa shape index (κ1) is 20.6. The van der Waals surface area contributed by atoms with Crippen molar-refractivity contribution in [2.75, 3.05) is 20.4 Å². The molecule has 0 spiro atoms. The largest absolute Gasteiger partial charge is 0.361 e. The molecule has 0 radical (unpaired) electrons. The molecule has 3 nitrogen and oxygen atoms in total. The van der Waals surface area contributed by atoms with E-state index in [1.807, 2.05) is 29.2 Å². The lowest BCUT2D eigenvalue weighted by Crippen LogP contribution is -2.33. The van der Waals surface area contributed by atoms with Crippen LogP contribution in [0.4, 0.5) is 0 Å². The van der Waals surface area contributed by atoms with Crippen molar-refractivity contribution in [2.24, 2.45) is 0 Å². The molecule has 0 amide bonds. The molecule has 0 fully saturated rings. The van der Waals surface area contributed by atoms with Crippen LogP contribution in [0.3, 0.4) is 0 Å². The third-order valence-corrected chi connectivity index (χ3v) is 5.04. The van der Waals surface area contributed by atoms with E-state index in [-0.39, 0.29) is 5.62 Å². The van der Waals surface area contributed by atoms with Gasteiger partial charge in [-0.2, -0.15) is 0 Å². The molecule has 0 aromatic rings. The standard InChI is InChI=1S/C19H37ClN2O/c1-3-4-5-6-7-8-9-10-11-12-13-14-17-23-18-22-16-15-21(2)19(22)20/h15-16,19H,3-14,17-18H2,1-2H3. The fourth-order valence-electron chi connectivity index (χ4n) is 2.89. The Balaban J connectivity index is 1.74. The molecule has 136 valence electrons. The van der Waals surface area contributed by atoms with Gasteiger partial charge >= 0.3 is 0 Å². The Kier molecular flexibility index (Phi) is 12.5. The minimum atomic E-state index is -0.100. The van der Waals surface area contributed by atoms with E-state index >= 15 is 0 Å². The molecular formula is C19H37ClN2O. The van der Waals surface area contributed by atoms with Gasteiger partial charge in [-0.3, -0.25) is 0 Å². The number of ether oxygens (including phenoxy) is 1. The quantitative estimate of drug-likeness (QED) is 0.209. The molecule has 0 aromatic heterocycles. The smallest absolute Gasteiger partial charge is 0.181 e.